The second kappa shape index (κ2) is 4.19. The van der Waals surface area contributed by atoms with Crippen molar-refractivity contribution in [2.75, 3.05) is 6.54 Å². The third-order valence-corrected chi connectivity index (χ3v) is 4.14. The lowest BCUT2D eigenvalue weighted by atomic mass is 9.77. The maximum atomic E-state index is 9.86. The van der Waals surface area contributed by atoms with Crippen molar-refractivity contribution in [2.45, 2.75) is 38.0 Å². The van der Waals surface area contributed by atoms with E-state index in [1.807, 2.05) is 0 Å². The summed E-state index contributed by atoms with van der Waals surface area (Å²) in [5.74, 6) is 0.522. The van der Waals surface area contributed by atoms with Gasteiger partial charge in [0.25, 0.3) is 0 Å². The Morgan fingerprint density at radius 1 is 1.19 bits per heavy atom. The summed E-state index contributed by atoms with van der Waals surface area (Å²) in [6.07, 6.45) is 3.44. The van der Waals surface area contributed by atoms with E-state index in [9.17, 15) is 5.11 Å². The van der Waals surface area contributed by atoms with Crippen molar-refractivity contribution >= 4 is 0 Å². The molecule has 2 aliphatic heterocycles. The molecular formula is C14H19NO. The summed E-state index contributed by atoms with van der Waals surface area (Å²) in [7, 11) is 0. The summed E-state index contributed by atoms with van der Waals surface area (Å²) in [5, 5.41) is 9.86. The standard InChI is InChI=1S/C14H19NO/c16-14-8-13-7-6-12(14)10-15(13)9-11-4-2-1-3-5-11/h1-5,12-14,16H,6-10H2. The van der Waals surface area contributed by atoms with Gasteiger partial charge in [0.1, 0.15) is 0 Å². The van der Waals surface area contributed by atoms with Crippen LogP contribution in [0.3, 0.4) is 0 Å². The van der Waals surface area contributed by atoms with Crippen molar-refractivity contribution < 1.29 is 5.11 Å². The first-order valence-corrected chi connectivity index (χ1v) is 6.29. The van der Waals surface area contributed by atoms with E-state index in [0.717, 1.165) is 19.5 Å². The molecule has 1 saturated carbocycles. The average molecular weight is 217 g/mol. The van der Waals surface area contributed by atoms with Crippen molar-refractivity contribution in [3.05, 3.63) is 35.9 Å². The molecule has 2 heteroatoms. The molecule has 1 N–H and O–H groups in total. The highest BCUT2D eigenvalue weighted by Gasteiger charge is 2.39. The summed E-state index contributed by atoms with van der Waals surface area (Å²) >= 11 is 0. The molecule has 2 nitrogen and oxygen atoms in total. The van der Waals surface area contributed by atoms with Gasteiger partial charge < -0.3 is 5.11 Å². The number of hydrogen-bond donors (Lipinski definition) is 1. The van der Waals surface area contributed by atoms with Crippen molar-refractivity contribution in [3.63, 3.8) is 0 Å². The predicted molar refractivity (Wildman–Crippen MR) is 64.0 cm³/mol. The SMILES string of the molecule is OC1CC2CCC1CN2Cc1ccccc1. The number of piperidine rings is 2. The molecule has 3 unspecified atom stereocenters. The Labute approximate surface area is 96.9 Å². The van der Waals surface area contributed by atoms with Crippen LogP contribution in [0.2, 0.25) is 0 Å². The number of aliphatic hydroxyl groups excluding tert-OH is 1. The molecule has 1 aromatic carbocycles. The van der Waals surface area contributed by atoms with E-state index >= 15 is 0 Å². The molecule has 4 rings (SSSR count). The van der Waals surface area contributed by atoms with Crippen LogP contribution in [0.15, 0.2) is 30.3 Å². The number of hydrogen-bond acceptors (Lipinski definition) is 2. The molecular weight excluding hydrogens is 198 g/mol. The molecule has 3 atom stereocenters. The fourth-order valence-electron chi connectivity index (χ4n) is 3.19. The molecule has 3 fully saturated rings. The normalized spacial score (nSPS) is 34.2. The van der Waals surface area contributed by atoms with Gasteiger partial charge in [0.2, 0.25) is 0 Å². The first kappa shape index (κ1) is 10.3. The van der Waals surface area contributed by atoms with E-state index < -0.39 is 0 Å². The van der Waals surface area contributed by atoms with E-state index in [2.05, 4.69) is 35.2 Å². The van der Waals surface area contributed by atoms with Gasteiger partial charge in [-0.1, -0.05) is 30.3 Å². The number of rotatable bonds is 2. The zero-order valence-electron chi connectivity index (χ0n) is 9.55. The molecule has 2 heterocycles. The Bertz CT molecular complexity index is 351. The molecule has 1 aliphatic carbocycles. The van der Waals surface area contributed by atoms with Crippen LogP contribution in [0.4, 0.5) is 0 Å². The third kappa shape index (κ3) is 1.87. The van der Waals surface area contributed by atoms with Crippen LogP contribution in [0.25, 0.3) is 0 Å². The first-order valence-electron chi connectivity index (χ1n) is 6.29. The van der Waals surface area contributed by atoms with Crippen molar-refractivity contribution in [3.8, 4) is 0 Å². The van der Waals surface area contributed by atoms with Crippen molar-refractivity contribution in [2.24, 2.45) is 5.92 Å². The van der Waals surface area contributed by atoms with E-state index in [4.69, 9.17) is 0 Å². The summed E-state index contributed by atoms with van der Waals surface area (Å²) in [5.41, 5.74) is 1.39. The van der Waals surface area contributed by atoms with Crippen LogP contribution in [0.1, 0.15) is 24.8 Å². The molecule has 2 saturated heterocycles. The van der Waals surface area contributed by atoms with Gasteiger partial charge >= 0.3 is 0 Å². The summed E-state index contributed by atoms with van der Waals surface area (Å²) in [6.45, 7) is 2.13. The Balaban J connectivity index is 1.69. The van der Waals surface area contributed by atoms with Crippen LogP contribution in [0, 0.1) is 5.92 Å². The third-order valence-electron chi connectivity index (χ3n) is 4.14. The molecule has 1 aromatic rings. The highest BCUT2D eigenvalue weighted by molar-refractivity contribution is 5.15. The molecule has 0 aromatic heterocycles. The van der Waals surface area contributed by atoms with E-state index in [-0.39, 0.29) is 6.10 Å². The molecule has 0 amide bonds. The number of benzene rings is 1. The van der Waals surface area contributed by atoms with Gasteiger partial charge in [-0.25, -0.2) is 0 Å². The van der Waals surface area contributed by atoms with Gasteiger partial charge in [-0.05, 0) is 30.7 Å². The lowest BCUT2D eigenvalue weighted by Gasteiger charge is -2.48. The molecule has 16 heavy (non-hydrogen) atoms. The van der Waals surface area contributed by atoms with E-state index in [1.165, 1.54) is 18.4 Å². The predicted octanol–water partition coefficient (Wildman–Crippen LogP) is 2.03. The zero-order chi connectivity index (χ0) is 11.0. The fourth-order valence-corrected chi connectivity index (χ4v) is 3.19. The maximum Gasteiger partial charge on any atom is 0.0595 e. The Kier molecular flexibility index (Phi) is 2.70. The molecule has 2 bridgehead atoms. The van der Waals surface area contributed by atoms with Crippen LogP contribution in [-0.2, 0) is 6.54 Å². The van der Waals surface area contributed by atoms with Gasteiger partial charge in [-0.2, -0.15) is 0 Å². The van der Waals surface area contributed by atoms with Gasteiger partial charge in [-0.15, -0.1) is 0 Å². The second-order valence-corrected chi connectivity index (χ2v) is 5.21. The quantitative estimate of drug-likeness (QED) is 0.819. The van der Waals surface area contributed by atoms with Crippen LogP contribution in [0.5, 0.6) is 0 Å². The minimum atomic E-state index is -0.0363. The molecule has 3 aliphatic rings. The second-order valence-electron chi connectivity index (χ2n) is 5.21. The van der Waals surface area contributed by atoms with Crippen molar-refractivity contribution in [1.82, 2.24) is 4.90 Å². The lowest BCUT2D eigenvalue weighted by Crippen LogP contribution is -2.53. The van der Waals surface area contributed by atoms with Gasteiger partial charge in [-0.3, -0.25) is 4.90 Å². The van der Waals surface area contributed by atoms with Crippen LogP contribution < -0.4 is 0 Å². The van der Waals surface area contributed by atoms with Gasteiger partial charge in [0.05, 0.1) is 6.10 Å². The maximum absolute atomic E-state index is 9.86. The summed E-state index contributed by atoms with van der Waals surface area (Å²) in [4.78, 5) is 2.55. The van der Waals surface area contributed by atoms with Crippen molar-refractivity contribution in [1.29, 1.82) is 0 Å². The fraction of sp³-hybridized carbons (Fsp3) is 0.571. The summed E-state index contributed by atoms with van der Waals surface area (Å²) < 4.78 is 0. The zero-order valence-corrected chi connectivity index (χ0v) is 9.55. The number of fused-ring (bicyclic) bond motifs is 3. The van der Waals surface area contributed by atoms with E-state index in [0.29, 0.717) is 12.0 Å². The Hall–Kier alpha value is -0.860. The highest BCUT2D eigenvalue weighted by atomic mass is 16.3. The molecule has 0 radical (unpaired) electrons. The average Bonchev–Trinajstić information content (AvgIpc) is 2.32. The topological polar surface area (TPSA) is 23.5 Å². The first-order chi connectivity index (χ1) is 7.83. The minimum Gasteiger partial charge on any atom is -0.393 e. The number of nitrogens with zero attached hydrogens (tertiary/aromatic N) is 1. The minimum absolute atomic E-state index is 0.0363. The van der Waals surface area contributed by atoms with E-state index in [1.54, 1.807) is 0 Å². The van der Waals surface area contributed by atoms with Crippen LogP contribution in [-0.4, -0.2) is 28.7 Å². The van der Waals surface area contributed by atoms with Crippen LogP contribution >= 0.6 is 0 Å². The highest BCUT2D eigenvalue weighted by Crippen LogP contribution is 2.35. The Morgan fingerprint density at radius 3 is 2.62 bits per heavy atom. The number of aliphatic hydroxyl groups is 1. The summed E-state index contributed by atoms with van der Waals surface area (Å²) in [6, 6.07) is 11.3. The largest absolute Gasteiger partial charge is 0.393 e. The Morgan fingerprint density at radius 2 is 2.00 bits per heavy atom. The van der Waals surface area contributed by atoms with Gasteiger partial charge in [0, 0.05) is 19.1 Å². The monoisotopic (exact) mass is 217 g/mol. The molecule has 86 valence electrons. The lowest BCUT2D eigenvalue weighted by molar-refractivity contribution is -0.0527. The van der Waals surface area contributed by atoms with Gasteiger partial charge in [0.15, 0.2) is 0 Å². The molecule has 0 spiro atoms. The smallest absolute Gasteiger partial charge is 0.0595 e.